The van der Waals surface area contributed by atoms with Gasteiger partial charge in [-0.05, 0) is 42.9 Å². The van der Waals surface area contributed by atoms with E-state index < -0.39 is 0 Å². The summed E-state index contributed by atoms with van der Waals surface area (Å²) in [5.74, 6) is 4.09. The average molecular weight is 233 g/mol. The first kappa shape index (κ1) is 11.3. The van der Waals surface area contributed by atoms with Crippen LogP contribution in [0.25, 0.3) is 0 Å². The Hall–Kier alpha value is -1.21. The maximum atomic E-state index is 8.86. The molecule has 0 saturated carbocycles. The van der Waals surface area contributed by atoms with Crippen LogP contribution < -0.4 is 5.32 Å². The highest BCUT2D eigenvalue weighted by molar-refractivity contribution is 7.99. The van der Waals surface area contributed by atoms with E-state index in [2.05, 4.69) is 16.4 Å². The Kier molecular flexibility index (Phi) is 3.68. The summed E-state index contributed by atoms with van der Waals surface area (Å²) >= 11 is 2.02. The molecule has 1 N–H and O–H groups in total. The minimum atomic E-state index is 0.677. The quantitative estimate of drug-likeness (QED) is 0.871. The third-order valence-electron chi connectivity index (χ3n) is 2.68. The van der Waals surface area contributed by atoms with E-state index in [1.165, 1.54) is 17.9 Å². The molecule has 0 spiro atoms. The summed E-state index contributed by atoms with van der Waals surface area (Å²) in [6.45, 7) is 2.88. The maximum absolute atomic E-state index is 8.86. The first-order chi connectivity index (χ1) is 7.78. The first-order valence-corrected chi connectivity index (χ1v) is 6.64. The van der Waals surface area contributed by atoms with Gasteiger partial charge in [0.25, 0.3) is 0 Å². The molecule has 3 nitrogen and oxygen atoms in total. The number of rotatable bonds is 3. The van der Waals surface area contributed by atoms with Crippen molar-refractivity contribution in [2.45, 2.75) is 13.3 Å². The lowest BCUT2D eigenvalue weighted by molar-refractivity contribution is 0.630. The topological polar surface area (TPSA) is 48.7 Å². The molecule has 1 aliphatic heterocycles. The lowest BCUT2D eigenvalue weighted by Crippen LogP contribution is -2.14. The van der Waals surface area contributed by atoms with Crippen molar-refractivity contribution in [2.75, 3.05) is 23.4 Å². The summed E-state index contributed by atoms with van der Waals surface area (Å²) in [5, 5.41) is 12.2. The second-order valence-corrected chi connectivity index (χ2v) is 5.25. The molecule has 0 amide bonds. The van der Waals surface area contributed by atoms with Crippen LogP contribution in [0.2, 0.25) is 0 Å². The van der Waals surface area contributed by atoms with Gasteiger partial charge in [-0.1, -0.05) is 0 Å². The molecule has 1 fully saturated rings. The van der Waals surface area contributed by atoms with Crippen LogP contribution in [-0.2, 0) is 0 Å². The van der Waals surface area contributed by atoms with Crippen molar-refractivity contribution in [2.24, 2.45) is 5.92 Å². The number of nitrogens with one attached hydrogen (secondary N) is 1. The zero-order valence-electron chi connectivity index (χ0n) is 9.36. The Morgan fingerprint density at radius 3 is 3.19 bits per heavy atom. The third kappa shape index (κ3) is 2.89. The third-order valence-corrected chi connectivity index (χ3v) is 3.91. The molecule has 0 bridgehead atoms. The van der Waals surface area contributed by atoms with Crippen molar-refractivity contribution >= 4 is 17.6 Å². The highest BCUT2D eigenvalue weighted by Gasteiger charge is 2.15. The van der Waals surface area contributed by atoms with E-state index >= 15 is 0 Å². The molecule has 16 heavy (non-hydrogen) atoms. The summed E-state index contributed by atoms with van der Waals surface area (Å²) in [6, 6.07) is 5.77. The predicted molar refractivity (Wildman–Crippen MR) is 67.6 cm³/mol. The normalized spacial score (nSPS) is 19.4. The van der Waals surface area contributed by atoms with Gasteiger partial charge in [-0.15, -0.1) is 0 Å². The average Bonchev–Trinajstić information content (AvgIpc) is 2.78. The number of aryl methyl sites for hydroxylation is 1. The van der Waals surface area contributed by atoms with Crippen LogP contribution in [0.15, 0.2) is 12.1 Å². The molecular weight excluding hydrogens is 218 g/mol. The second kappa shape index (κ2) is 5.22. The first-order valence-electron chi connectivity index (χ1n) is 5.48. The van der Waals surface area contributed by atoms with Gasteiger partial charge in [0.15, 0.2) is 0 Å². The van der Waals surface area contributed by atoms with E-state index in [0.717, 1.165) is 24.0 Å². The largest absolute Gasteiger partial charge is 0.370 e. The van der Waals surface area contributed by atoms with Crippen LogP contribution in [0.1, 0.15) is 17.7 Å². The number of aromatic nitrogens is 1. The van der Waals surface area contributed by atoms with Crippen LogP contribution in [-0.4, -0.2) is 23.0 Å². The van der Waals surface area contributed by atoms with E-state index in [1.807, 2.05) is 24.8 Å². The Balaban J connectivity index is 1.98. The minimum absolute atomic E-state index is 0.677. The van der Waals surface area contributed by atoms with Crippen LogP contribution in [0.4, 0.5) is 5.82 Å². The standard InChI is InChI=1S/C12H15N3S/c1-9-4-11(6-13)5-12(15-9)14-7-10-2-3-16-8-10/h4-5,10H,2-3,7-8H2,1H3,(H,14,15). The monoisotopic (exact) mass is 233 g/mol. The van der Waals surface area contributed by atoms with Gasteiger partial charge in [0.05, 0.1) is 11.6 Å². The number of hydrogen-bond donors (Lipinski definition) is 1. The van der Waals surface area contributed by atoms with Crippen molar-refractivity contribution in [3.05, 3.63) is 23.4 Å². The Labute approximate surface area is 100 Å². The van der Waals surface area contributed by atoms with Gasteiger partial charge in [-0.3, -0.25) is 0 Å². The van der Waals surface area contributed by atoms with Crippen molar-refractivity contribution in [3.63, 3.8) is 0 Å². The number of thioether (sulfide) groups is 1. The molecule has 4 heteroatoms. The summed E-state index contributed by atoms with van der Waals surface area (Å²) in [7, 11) is 0. The number of hydrogen-bond acceptors (Lipinski definition) is 4. The number of nitrogens with zero attached hydrogens (tertiary/aromatic N) is 2. The number of anilines is 1. The molecule has 1 aromatic heterocycles. The highest BCUT2D eigenvalue weighted by Crippen LogP contribution is 2.23. The van der Waals surface area contributed by atoms with Crippen LogP contribution in [0.3, 0.4) is 0 Å². The fourth-order valence-electron chi connectivity index (χ4n) is 1.82. The molecule has 1 saturated heterocycles. The zero-order chi connectivity index (χ0) is 11.4. The fraction of sp³-hybridized carbons (Fsp3) is 0.500. The van der Waals surface area contributed by atoms with Crippen molar-refractivity contribution in [3.8, 4) is 6.07 Å². The number of pyridine rings is 1. The summed E-state index contributed by atoms with van der Waals surface area (Å²) in [5.41, 5.74) is 1.57. The Morgan fingerprint density at radius 1 is 1.62 bits per heavy atom. The summed E-state index contributed by atoms with van der Waals surface area (Å²) < 4.78 is 0. The number of nitriles is 1. The van der Waals surface area contributed by atoms with Gasteiger partial charge in [0.1, 0.15) is 5.82 Å². The van der Waals surface area contributed by atoms with Gasteiger partial charge in [-0.2, -0.15) is 17.0 Å². The summed E-state index contributed by atoms with van der Waals surface area (Å²) in [6.07, 6.45) is 1.29. The molecule has 2 rings (SSSR count). The van der Waals surface area contributed by atoms with E-state index in [-0.39, 0.29) is 0 Å². The van der Waals surface area contributed by atoms with E-state index in [4.69, 9.17) is 5.26 Å². The van der Waals surface area contributed by atoms with Gasteiger partial charge < -0.3 is 5.32 Å². The molecule has 1 aromatic rings. The van der Waals surface area contributed by atoms with Crippen LogP contribution in [0.5, 0.6) is 0 Å². The molecule has 84 valence electrons. The fourth-order valence-corrected chi connectivity index (χ4v) is 3.10. The van der Waals surface area contributed by atoms with Gasteiger partial charge >= 0.3 is 0 Å². The lowest BCUT2D eigenvalue weighted by atomic mass is 10.1. The van der Waals surface area contributed by atoms with Crippen LogP contribution in [0, 0.1) is 24.2 Å². The zero-order valence-corrected chi connectivity index (χ0v) is 10.2. The maximum Gasteiger partial charge on any atom is 0.127 e. The molecule has 1 aliphatic rings. The predicted octanol–water partition coefficient (Wildman–Crippen LogP) is 2.43. The second-order valence-electron chi connectivity index (χ2n) is 4.10. The molecule has 1 unspecified atom stereocenters. The van der Waals surface area contributed by atoms with Gasteiger partial charge in [0.2, 0.25) is 0 Å². The van der Waals surface area contributed by atoms with E-state index in [1.54, 1.807) is 6.07 Å². The highest BCUT2D eigenvalue weighted by atomic mass is 32.2. The van der Waals surface area contributed by atoms with Gasteiger partial charge in [0, 0.05) is 12.2 Å². The molecule has 0 aliphatic carbocycles. The van der Waals surface area contributed by atoms with Crippen LogP contribution >= 0.6 is 11.8 Å². The van der Waals surface area contributed by atoms with Gasteiger partial charge in [-0.25, -0.2) is 4.98 Å². The lowest BCUT2D eigenvalue weighted by Gasteiger charge is -2.11. The molecular formula is C12H15N3S. The van der Waals surface area contributed by atoms with Crippen molar-refractivity contribution in [1.82, 2.24) is 4.98 Å². The van der Waals surface area contributed by atoms with E-state index in [0.29, 0.717) is 5.56 Å². The SMILES string of the molecule is Cc1cc(C#N)cc(NCC2CCSC2)n1. The molecule has 0 aromatic carbocycles. The van der Waals surface area contributed by atoms with Crippen molar-refractivity contribution < 1.29 is 0 Å². The Morgan fingerprint density at radius 2 is 2.50 bits per heavy atom. The summed E-state index contributed by atoms with van der Waals surface area (Å²) in [4.78, 5) is 4.37. The molecule has 1 atom stereocenters. The Bertz CT molecular complexity index is 405. The van der Waals surface area contributed by atoms with E-state index in [9.17, 15) is 0 Å². The minimum Gasteiger partial charge on any atom is -0.370 e. The van der Waals surface area contributed by atoms with Crippen molar-refractivity contribution in [1.29, 1.82) is 5.26 Å². The smallest absolute Gasteiger partial charge is 0.127 e. The molecule has 2 heterocycles. The molecule has 0 radical (unpaired) electrons.